The Balaban J connectivity index is 1.48. The maximum atomic E-state index is 12.6. The van der Waals surface area contributed by atoms with Crippen molar-refractivity contribution in [2.75, 3.05) is 19.7 Å². The van der Waals surface area contributed by atoms with Crippen LogP contribution in [0.4, 0.5) is 4.79 Å². The number of hydrogen-bond acceptors (Lipinski definition) is 3. The van der Waals surface area contributed by atoms with E-state index in [9.17, 15) is 14.7 Å². The molecule has 0 bridgehead atoms. The van der Waals surface area contributed by atoms with Gasteiger partial charge in [0.25, 0.3) is 0 Å². The molecule has 0 spiro atoms. The van der Waals surface area contributed by atoms with E-state index in [-0.39, 0.29) is 19.1 Å². The number of likely N-dealkylation sites (tertiary alicyclic amines) is 1. The van der Waals surface area contributed by atoms with Crippen molar-refractivity contribution in [1.29, 1.82) is 0 Å². The minimum atomic E-state index is -0.951. The first-order valence-electron chi connectivity index (χ1n) is 9.50. The highest BCUT2D eigenvalue weighted by Gasteiger charge is 2.46. The molecule has 2 aromatic rings. The van der Waals surface area contributed by atoms with Crippen LogP contribution < -0.4 is 0 Å². The van der Waals surface area contributed by atoms with Crippen LogP contribution in [-0.2, 0) is 9.53 Å². The van der Waals surface area contributed by atoms with Gasteiger partial charge in [-0.05, 0) is 35.1 Å². The molecule has 5 heteroatoms. The molecule has 1 unspecified atom stereocenters. The molecule has 1 N–H and O–H groups in total. The minimum Gasteiger partial charge on any atom is -0.481 e. The molecule has 1 amide bonds. The Hall–Kier alpha value is -3.08. The van der Waals surface area contributed by atoms with Gasteiger partial charge in [0.05, 0.1) is 5.41 Å². The van der Waals surface area contributed by atoms with Gasteiger partial charge in [-0.15, -0.1) is 6.58 Å². The Morgan fingerprint density at radius 1 is 1.14 bits per heavy atom. The van der Waals surface area contributed by atoms with Crippen molar-refractivity contribution in [3.05, 3.63) is 72.3 Å². The predicted octanol–water partition coefficient (Wildman–Crippen LogP) is 4.29. The van der Waals surface area contributed by atoms with Crippen LogP contribution in [0.5, 0.6) is 0 Å². The molecule has 28 heavy (non-hydrogen) atoms. The number of allylic oxidation sites excluding steroid dienone is 1. The molecule has 144 valence electrons. The number of carboxylic acids is 1. The van der Waals surface area contributed by atoms with Gasteiger partial charge in [-0.2, -0.15) is 0 Å². The quantitative estimate of drug-likeness (QED) is 0.790. The second-order valence-electron chi connectivity index (χ2n) is 7.55. The number of carbonyl (C=O) groups excluding carboxylic acids is 1. The van der Waals surface area contributed by atoms with E-state index in [0.29, 0.717) is 19.4 Å². The lowest BCUT2D eigenvalue weighted by Gasteiger charge is -2.23. The molecule has 1 heterocycles. The van der Waals surface area contributed by atoms with Gasteiger partial charge in [-0.3, -0.25) is 4.79 Å². The van der Waals surface area contributed by atoms with E-state index in [1.807, 2.05) is 24.3 Å². The van der Waals surface area contributed by atoms with Crippen LogP contribution in [0.25, 0.3) is 11.1 Å². The zero-order valence-corrected chi connectivity index (χ0v) is 15.6. The van der Waals surface area contributed by atoms with Crippen molar-refractivity contribution in [2.45, 2.75) is 18.8 Å². The first-order chi connectivity index (χ1) is 13.6. The molecular formula is C23H23NO4. The minimum absolute atomic E-state index is 0.00337. The molecule has 2 aromatic carbocycles. The standard InChI is InChI=1S/C23H23NO4/c1-2-11-23(21(25)26)12-13-24(15-23)22(27)28-14-20-18-9-5-3-7-16(18)17-8-4-6-10-19(17)20/h2-10,20H,1,11-15H2,(H,25,26). The number of nitrogens with zero attached hydrogens (tertiary/aromatic N) is 1. The van der Waals surface area contributed by atoms with Crippen LogP contribution in [0.2, 0.25) is 0 Å². The lowest BCUT2D eigenvalue weighted by molar-refractivity contribution is -0.147. The average molecular weight is 377 g/mol. The van der Waals surface area contributed by atoms with Crippen LogP contribution in [0.3, 0.4) is 0 Å². The van der Waals surface area contributed by atoms with Crippen molar-refractivity contribution in [3.63, 3.8) is 0 Å². The normalized spacial score (nSPS) is 20.5. The molecular weight excluding hydrogens is 354 g/mol. The van der Waals surface area contributed by atoms with Gasteiger partial charge < -0.3 is 14.7 Å². The monoisotopic (exact) mass is 377 g/mol. The number of carbonyl (C=O) groups is 2. The Morgan fingerprint density at radius 2 is 1.75 bits per heavy atom. The van der Waals surface area contributed by atoms with E-state index < -0.39 is 17.5 Å². The highest BCUT2D eigenvalue weighted by Crippen LogP contribution is 2.44. The molecule has 0 radical (unpaired) electrons. The van der Waals surface area contributed by atoms with Gasteiger partial charge in [0.1, 0.15) is 6.61 Å². The van der Waals surface area contributed by atoms with Crippen molar-refractivity contribution >= 4 is 12.1 Å². The van der Waals surface area contributed by atoms with Gasteiger partial charge in [-0.1, -0.05) is 54.6 Å². The van der Waals surface area contributed by atoms with Gasteiger partial charge in [0.2, 0.25) is 0 Å². The first-order valence-corrected chi connectivity index (χ1v) is 9.50. The number of hydrogen-bond donors (Lipinski definition) is 1. The van der Waals surface area contributed by atoms with Crippen LogP contribution in [0.15, 0.2) is 61.2 Å². The Bertz CT molecular complexity index is 892. The van der Waals surface area contributed by atoms with Gasteiger partial charge in [0, 0.05) is 19.0 Å². The first kappa shape index (κ1) is 18.3. The molecule has 4 rings (SSSR count). The summed E-state index contributed by atoms with van der Waals surface area (Å²) in [6.07, 6.45) is 1.91. The largest absolute Gasteiger partial charge is 0.481 e. The number of ether oxygens (including phenoxy) is 1. The Morgan fingerprint density at radius 3 is 2.32 bits per heavy atom. The molecule has 1 aliphatic carbocycles. The van der Waals surface area contributed by atoms with Crippen molar-refractivity contribution in [1.82, 2.24) is 4.90 Å². The van der Waals surface area contributed by atoms with E-state index in [4.69, 9.17) is 4.74 Å². The van der Waals surface area contributed by atoms with Crippen molar-refractivity contribution in [3.8, 4) is 11.1 Å². The molecule has 1 saturated heterocycles. The maximum Gasteiger partial charge on any atom is 0.409 e. The van der Waals surface area contributed by atoms with Crippen molar-refractivity contribution in [2.24, 2.45) is 5.41 Å². The summed E-state index contributed by atoms with van der Waals surface area (Å²) in [7, 11) is 0. The lowest BCUT2D eigenvalue weighted by Crippen LogP contribution is -2.37. The summed E-state index contributed by atoms with van der Waals surface area (Å²) in [5, 5.41) is 9.59. The predicted molar refractivity (Wildman–Crippen MR) is 106 cm³/mol. The molecule has 1 aliphatic heterocycles. The average Bonchev–Trinajstić information content (AvgIpc) is 3.27. The van der Waals surface area contributed by atoms with E-state index >= 15 is 0 Å². The number of carboxylic acid groups (broad SMARTS) is 1. The van der Waals surface area contributed by atoms with E-state index in [2.05, 4.69) is 30.8 Å². The van der Waals surface area contributed by atoms with Crippen LogP contribution in [-0.4, -0.2) is 41.8 Å². The lowest BCUT2D eigenvalue weighted by atomic mass is 9.84. The van der Waals surface area contributed by atoms with Crippen LogP contribution >= 0.6 is 0 Å². The molecule has 0 saturated carbocycles. The number of amides is 1. The topological polar surface area (TPSA) is 66.8 Å². The summed E-state index contributed by atoms with van der Waals surface area (Å²) in [6.45, 7) is 4.44. The smallest absolute Gasteiger partial charge is 0.409 e. The Labute approximate surface area is 164 Å². The summed E-state index contributed by atoms with van der Waals surface area (Å²) in [5.74, 6) is -0.891. The second kappa shape index (κ2) is 7.15. The maximum absolute atomic E-state index is 12.6. The summed E-state index contributed by atoms with van der Waals surface area (Å²) >= 11 is 0. The summed E-state index contributed by atoms with van der Waals surface area (Å²) in [6, 6.07) is 16.3. The molecule has 5 nitrogen and oxygen atoms in total. The molecule has 2 aliphatic rings. The SMILES string of the molecule is C=CCC1(C(=O)O)CCN(C(=O)OCC2c3ccccc3-c3ccccc32)C1. The second-order valence-corrected chi connectivity index (χ2v) is 7.55. The third kappa shape index (κ3) is 2.97. The van der Waals surface area contributed by atoms with Crippen LogP contribution in [0.1, 0.15) is 29.9 Å². The zero-order chi connectivity index (χ0) is 19.7. The van der Waals surface area contributed by atoms with Gasteiger partial charge >= 0.3 is 12.1 Å². The number of fused-ring (bicyclic) bond motifs is 3. The number of aliphatic carboxylic acids is 1. The van der Waals surface area contributed by atoms with E-state index in [0.717, 1.165) is 11.1 Å². The molecule has 1 atom stereocenters. The van der Waals surface area contributed by atoms with Gasteiger partial charge in [-0.25, -0.2) is 4.79 Å². The third-order valence-electron chi connectivity index (χ3n) is 5.94. The van der Waals surface area contributed by atoms with Crippen molar-refractivity contribution < 1.29 is 19.4 Å². The fourth-order valence-electron chi connectivity index (χ4n) is 4.42. The highest BCUT2D eigenvalue weighted by atomic mass is 16.6. The number of rotatable bonds is 5. The van der Waals surface area contributed by atoms with Gasteiger partial charge in [0.15, 0.2) is 0 Å². The fraction of sp³-hybridized carbons (Fsp3) is 0.304. The van der Waals surface area contributed by atoms with Crippen LogP contribution in [0, 0.1) is 5.41 Å². The summed E-state index contributed by atoms with van der Waals surface area (Å²) in [4.78, 5) is 25.8. The van der Waals surface area contributed by atoms with E-state index in [1.54, 1.807) is 6.08 Å². The highest BCUT2D eigenvalue weighted by molar-refractivity contribution is 5.80. The molecule has 0 aromatic heterocycles. The summed E-state index contributed by atoms with van der Waals surface area (Å²) < 4.78 is 5.64. The van der Waals surface area contributed by atoms with E-state index in [1.165, 1.54) is 16.0 Å². The Kier molecular flexibility index (Phi) is 4.67. The summed E-state index contributed by atoms with van der Waals surface area (Å²) in [5.41, 5.74) is 3.72. The molecule has 1 fully saturated rings. The fourth-order valence-corrected chi connectivity index (χ4v) is 4.42. The third-order valence-corrected chi connectivity index (χ3v) is 5.94. The zero-order valence-electron chi connectivity index (χ0n) is 15.6. The number of benzene rings is 2.